The van der Waals surface area contributed by atoms with Gasteiger partial charge in [-0.05, 0) is 42.0 Å². The first-order chi connectivity index (χ1) is 14.4. The fraction of sp³-hybridized carbons (Fsp3) is 0.227. The molecule has 8 heteroatoms. The Morgan fingerprint density at radius 1 is 1.03 bits per heavy atom. The standard InChI is InChI=1S/C22H19ClO7/c1-27-18-9-8-14-15(11-19(25)30-20(14)21(18)28-2)16(22(26)29-3)10-17(24)12-4-6-13(23)7-5-12/h4-9,11,16H,10H2,1-3H3. The molecule has 1 heterocycles. The van der Waals surface area contributed by atoms with E-state index in [9.17, 15) is 14.4 Å². The number of rotatable bonds is 7. The Bertz CT molecular complexity index is 1150. The van der Waals surface area contributed by atoms with Crippen LogP contribution >= 0.6 is 11.6 Å². The van der Waals surface area contributed by atoms with Crippen molar-refractivity contribution >= 4 is 34.3 Å². The highest BCUT2D eigenvalue weighted by atomic mass is 35.5. The predicted molar refractivity (Wildman–Crippen MR) is 111 cm³/mol. The first kappa shape index (κ1) is 21.4. The largest absolute Gasteiger partial charge is 0.493 e. The number of hydrogen-bond acceptors (Lipinski definition) is 7. The molecule has 0 fully saturated rings. The number of carbonyl (C=O) groups excluding carboxylic acids is 2. The highest BCUT2D eigenvalue weighted by Crippen LogP contribution is 2.38. The van der Waals surface area contributed by atoms with Gasteiger partial charge >= 0.3 is 11.6 Å². The summed E-state index contributed by atoms with van der Waals surface area (Å²) < 4.78 is 20.8. The zero-order chi connectivity index (χ0) is 21.8. The molecule has 0 N–H and O–H groups in total. The maximum Gasteiger partial charge on any atom is 0.336 e. The van der Waals surface area contributed by atoms with Crippen molar-refractivity contribution in [2.45, 2.75) is 12.3 Å². The number of carbonyl (C=O) groups is 2. The molecule has 3 rings (SSSR count). The Kier molecular flexibility index (Phi) is 6.42. The first-order valence-electron chi connectivity index (χ1n) is 8.95. The summed E-state index contributed by atoms with van der Waals surface area (Å²) >= 11 is 5.87. The number of esters is 1. The van der Waals surface area contributed by atoms with Gasteiger partial charge in [0.05, 0.1) is 27.2 Å². The van der Waals surface area contributed by atoms with E-state index in [1.807, 2.05) is 0 Å². The van der Waals surface area contributed by atoms with E-state index < -0.39 is 17.5 Å². The van der Waals surface area contributed by atoms with Crippen LogP contribution in [0.3, 0.4) is 0 Å². The van der Waals surface area contributed by atoms with E-state index >= 15 is 0 Å². The smallest absolute Gasteiger partial charge is 0.336 e. The molecular weight excluding hydrogens is 412 g/mol. The molecule has 0 aliphatic carbocycles. The molecule has 0 aliphatic rings. The van der Waals surface area contributed by atoms with Crippen molar-refractivity contribution in [2.75, 3.05) is 21.3 Å². The van der Waals surface area contributed by atoms with Crippen molar-refractivity contribution in [2.24, 2.45) is 0 Å². The van der Waals surface area contributed by atoms with E-state index in [2.05, 4.69) is 0 Å². The van der Waals surface area contributed by atoms with Crippen LogP contribution in [-0.4, -0.2) is 33.1 Å². The van der Waals surface area contributed by atoms with E-state index in [0.717, 1.165) is 0 Å². The van der Waals surface area contributed by atoms with Crippen molar-refractivity contribution in [3.05, 3.63) is 69.0 Å². The second-order valence-electron chi connectivity index (χ2n) is 6.41. The van der Waals surface area contributed by atoms with E-state index in [1.165, 1.54) is 27.4 Å². The van der Waals surface area contributed by atoms with Gasteiger partial charge in [0.1, 0.15) is 0 Å². The van der Waals surface area contributed by atoms with Gasteiger partial charge < -0.3 is 18.6 Å². The molecular formula is C22H19ClO7. The topological polar surface area (TPSA) is 92.0 Å². The third-order valence-electron chi connectivity index (χ3n) is 4.70. The van der Waals surface area contributed by atoms with Crippen LogP contribution < -0.4 is 15.1 Å². The van der Waals surface area contributed by atoms with E-state index in [4.69, 9.17) is 30.2 Å². The van der Waals surface area contributed by atoms with E-state index in [-0.39, 0.29) is 23.5 Å². The Morgan fingerprint density at radius 2 is 1.73 bits per heavy atom. The minimum absolute atomic E-state index is 0.118. The molecule has 156 valence electrons. The van der Waals surface area contributed by atoms with E-state index in [0.29, 0.717) is 27.3 Å². The van der Waals surface area contributed by atoms with Gasteiger partial charge in [-0.1, -0.05) is 11.6 Å². The van der Waals surface area contributed by atoms with Crippen molar-refractivity contribution in [3.63, 3.8) is 0 Å². The Hall–Kier alpha value is -3.32. The monoisotopic (exact) mass is 430 g/mol. The minimum Gasteiger partial charge on any atom is -0.493 e. The molecule has 0 aliphatic heterocycles. The van der Waals surface area contributed by atoms with Crippen LogP contribution in [0.5, 0.6) is 11.5 Å². The van der Waals surface area contributed by atoms with E-state index in [1.54, 1.807) is 36.4 Å². The molecule has 3 aromatic rings. The van der Waals surface area contributed by atoms with Crippen LogP contribution in [0.1, 0.15) is 28.3 Å². The average molecular weight is 431 g/mol. The first-order valence-corrected chi connectivity index (χ1v) is 9.32. The molecule has 0 bridgehead atoms. The molecule has 0 saturated heterocycles. The molecule has 1 aromatic heterocycles. The lowest BCUT2D eigenvalue weighted by molar-refractivity contribution is -0.142. The molecule has 0 radical (unpaired) electrons. The molecule has 2 aromatic carbocycles. The third-order valence-corrected chi connectivity index (χ3v) is 4.96. The molecule has 0 amide bonds. The Balaban J connectivity index is 2.14. The summed E-state index contributed by atoms with van der Waals surface area (Å²) in [6.07, 6.45) is -0.207. The van der Waals surface area contributed by atoms with Gasteiger partial charge in [-0.2, -0.15) is 0 Å². The maximum atomic E-state index is 12.8. The number of hydrogen-bond donors (Lipinski definition) is 0. The summed E-state index contributed by atoms with van der Waals surface area (Å²) in [5, 5.41) is 0.926. The minimum atomic E-state index is -1.03. The summed E-state index contributed by atoms with van der Waals surface area (Å²) in [7, 11) is 4.08. The summed E-state index contributed by atoms with van der Waals surface area (Å²) in [6.45, 7) is 0. The molecule has 0 saturated carbocycles. The zero-order valence-corrected chi connectivity index (χ0v) is 17.3. The molecule has 7 nitrogen and oxygen atoms in total. The number of halogens is 1. The second-order valence-corrected chi connectivity index (χ2v) is 6.84. The van der Waals surface area contributed by atoms with Crippen molar-refractivity contribution in [3.8, 4) is 11.5 Å². The fourth-order valence-electron chi connectivity index (χ4n) is 3.25. The number of benzene rings is 2. The van der Waals surface area contributed by atoms with Gasteiger partial charge in [0, 0.05) is 28.5 Å². The molecule has 1 atom stereocenters. The number of ether oxygens (including phenoxy) is 3. The lowest BCUT2D eigenvalue weighted by Gasteiger charge is -2.17. The average Bonchev–Trinajstić information content (AvgIpc) is 2.75. The fourth-order valence-corrected chi connectivity index (χ4v) is 3.38. The number of ketones is 1. The lowest BCUT2D eigenvalue weighted by Crippen LogP contribution is -2.20. The SMILES string of the molecule is COC(=O)C(CC(=O)c1ccc(Cl)cc1)c1cc(=O)oc2c(OC)c(OC)ccc12. The van der Waals surface area contributed by atoms with Crippen LogP contribution in [0.2, 0.25) is 5.02 Å². The Labute approximate surface area is 177 Å². The quantitative estimate of drug-likeness (QED) is 0.318. The van der Waals surface area contributed by atoms with Gasteiger partial charge in [-0.15, -0.1) is 0 Å². The van der Waals surface area contributed by atoms with Crippen LogP contribution in [0.4, 0.5) is 0 Å². The summed E-state index contributed by atoms with van der Waals surface area (Å²) in [4.78, 5) is 37.7. The van der Waals surface area contributed by atoms with Crippen molar-refractivity contribution in [1.82, 2.24) is 0 Å². The van der Waals surface area contributed by atoms with Crippen LogP contribution in [0.15, 0.2) is 51.7 Å². The Morgan fingerprint density at radius 3 is 2.33 bits per heavy atom. The van der Waals surface area contributed by atoms with Gasteiger partial charge in [0.2, 0.25) is 5.75 Å². The van der Waals surface area contributed by atoms with Crippen molar-refractivity contribution < 1.29 is 28.2 Å². The van der Waals surface area contributed by atoms with Crippen LogP contribution in [0, 0.1) is 0 Å². The summed E-state index contributed by atoms with van der Waals surface area (Å²) in [5.41, 5.74) is 0.111. The highest BCUT2D eigenvalue weighted by molar-refractivity contribution is 6.30. The highest BCUT2D eigenvalue weighted by Gasteiger charge is 2.29. The van der Waals surface area contributed by atoms with Gasteiger partial charge in [0.25, 0.3) is 0 Å². The maximum absolute atomic E-state index is 12.8. The number of methoxy groups -OCH3 is 3. The second kappa shape index (κ2) is 9.00. The third kappa shape index (κ3) is 4.16. The van der Waals surface area contributed by atoms with Crippen LogP contribution in [-0.2, 0) is 9.53 Å². The summed E-state index contributed by atoms with van der Waals surface area (Å²) in [5.74, 6) is -1.41. The van der Waals surface area contributed by atoms with Gasteiger partial charge in [-0.25, -0.2) is 4.79 Å². The van der Waals surface area contributed by atoms with Gasteiger partial charge in [-0.3, -0.25) is 9.59 Å². The number of fused-ring (bicyclic) bond motifs is 1. The summed E-state index contributed by atoms with van der Waals surface area (Å²) in [6, 6.07) is 10.8. The molecule has 1 unspecified atom stereocenters. The van der Waals surface area contributed by atoms with Crippen LogP contribution in [0.25, 0.3) is 11.0 Å². The predicted octanol–water partition coefficient (Wildman–Crippen LogP) is 3.99. The number of Topliss-reactive ketones (excluding diaryl/α,β-unsaturated/α-hetero) is 1. The normalized spacial score (nSPS) is 11.7. The van der Waals surface area contributed by atoms with Crippen molar-refractivity contribution in [1.29, 1.82) is 0 Å². The lowest BCUT2D eigenvalue weighted by atomic mass is 9.89. The molecule has 0 spiro atoms. The molecule has 30 heavy (non-hydrogen) atoms. The zero-order valence-electron chi connectivity index (χ0n) is 16.6. The van der Waals surface area contributed by atoms with Gasteiger partial charge in [0.15, 0.2) is 17.1 Å².